The van der Waals surface area contributed by atoms with E-state index in [9.17, 15) is 14.7 Å². The molecule has 0 radical (unpaired) electrons. The fourth-order valence-corrected chi connectivity index (χ4v) is 1.85. The molecule has 0 aliphatic heterocycles. The zero-order chi connectivity index (χ0) is 13.6. The molecule has 0 aliphatic rings. The van der Waals surface area contributed by atoms with Crippen molar-refractivity contribution >= 4 is 11.9 Å². The summed E-state index contributed by atoms with van der Waals surface area (Å²) in [5.74, 6) is -2.57. The molecule has 100 valence electrons. The minimum atomic E-state index is -1.57. The number of aliphatic carboxylic acids is 1. The van der Waals surface area contributed by atoms with Gasteiger partial charge < -0.3 is 14.9 Å². The maximum Gasteiger partial charge on any atom is 0.323 e. The SMILES string of the molecule is CCOC(=O)C(CC(C)CO)(C(=O)O)C(C)C. The number of carboxylic acids is 1. The summed E-state index contributed by atoms with van der Waals surface area (Å²) in [4.78, 5) is 23.4. The lowest BCUT2D eigenvalue weighted by molar-refractivity contribution is -0.174. The van der Waals surface area contributed by atoms with Gasteiger partial charge in [-0.2, -0.15) is 0 Å². The quantitative estimate of drug-likeness (QED) is 0.522. The van der Waals surface area contributed by atoms with Crippen LogP contribution in [0.2, 0.25) is 0 Å². The average Bonchev–Trinajstić information content (AvgIpc) is 2.24. The van der Waals surface area contributed by atoms with Gasteiger partial charge >= 0.3 is 11.9 Å². The highest BCUT2D eigenvalue weighted by Crippen LogP contribution is 2.36. The van der Waals surface area contributed by atoms with Crippen LogP contribution in [0.25, 0.3) is 0 Å². The molecular formula is C12H22O5. The summed E-state index contributed by atoms with van der Waals surface area (Å²) in [6.07, 6.45) is 0.0787. The zero-order valence-electron chi connectivity index (χ0n) is 10.9. The van der Waals surface area contributed by atoms with E-state index < -0.39 is 23.3 Å². The molecular weight excluding hydrogens is 224 g/mol. The highest BCUT2D eigenvalue weighted by Gasteiger charge is 2.51. The zero-order valence-corrected chi connectivity index (χ0v) is 10.9. The van der Waals surface area contributed by atoms with Gasteiger partial charge in [0.15, 0.2) is 5.41 Å². The van der Waals surface area contributed by atoms with E-state index in [0.29, 0.717) is 0 Å². The van der Waals surface area contributed by atoms with Crippen LogP contribution in [0, 0.1) is 17.3 Å². The molecule has 0 aliphatic carbocycles. The van der Waals surface area contributed by atoms with Crippen molar-refractivity contribution in [3.8, 4) is 0 Å². The number of esters is 1. The van der Waals surface area contributed by atoms with E-state index in [1.807, 2.05) is 0 Å². The van der Waals surface area contributed by atoms with Crippen molar-refractivity contribution in [3.05, 3.63) is 0 Å². The lowest BCUT2D eigenvalue weighted by Crippen LogP contribution is -2.46. The van der Waals surface area contributed by atoms with Crippen LogP contribution in [0.5, 0.6) is 0 Å². The Morgan fingerprint density at radius 1 is 1.29 bits per heavy atom. The molecule has 0 aromatic carbocycles. The molecule has 2 unspecified atom stereocenters. The van der Waals surface area contributed by atoms with Gasteiger partial charge in [-0.3, -0.25) is 9.59 Å². The Balaban J connectivity index is 5.28. The van der Waals surface area contributed by atoms with Crippen LogP contribution in [0.15, 0.2) is 0 Å². The maximum absolute atomic E-state index is 11.9. The number of hydrogen-bond acceptors (Lipinski definition) is 4. The monoisotopic (exact) mass is 246 g/mol. The van der Waals surface area contributed by atoms with Gasteiger partial charge in [-0.25, -0.2) is 0 Å². The second kappa shape index (κ2) is 6.59. The third-order valence-electron chi connectivity index (χ3n) is 2.99. The number of carbonyl (C=O) groups is 2. The summed E-state index contributed by atoms with van der Waals surface area (Å²) < 4.78 is 4.87. The molecule has 0 amide bonds. The summed E-state index contributed by atoms with van der Waals surface area (Å²) >= 11 is 0. The van der Waals surface area contributed by atoms with Gasteiger partial charge in [0.1, 0.15) is 0 Å². The van der Waals surface area contributed by atoms with E-state index >= 15 is 0 Å². The smallest absolute Gasteiger partial charge is 0.323 e. The van der Waals surface area contributed by atoms with Crippen LogP contribution in [-0.4, -0.2) is 35.4 Å². The third-order valence-corrected chi connectivity index (χ3v) is 2.99. The van der Waals surface area contributed by atoms with Crippen LogP contribution in [0.1, 0.15) is 34.1 Å². The van der Waals surface area contributed by atoms with Crippen molar-refractivity contribution < 1.29 is 24.5 Å². The van der Waals surface area contributed by atoms with E-state index in [1.54, 1.807) is 27.7 Å². The van der Waals surface area contributed by atoms with Gasteiger partial charge in [0.25, 0.3) is 0 Å². The first-order chi connectivity index (χ1) is 7.82. The van der Waals surface area contributed by atoms with Gasteiger partial charge in [-0.1, -0.05) is 20.8 Å². The van der Waals surface area contributed by atoms with E-state index in [-0.39, 0.29) is 25.6 Å². The Hall–Kier alpha value is -1.10. The summed E-state index contributed by atoms with van der Waals surface area (Å²) in [6.45, 7) is 6.69. The molecule has 0 rings (SSSR count). The number of hydrogen-bond donors (Lipinski definition) is 2. The number of aliphatic hydroxyl groups is 1. The lowest BCUT2D eigenvalue weighted by Gasteiger charge is -2.32. The summed E-state index contributed by atoms with van der Waals surface area (Å²) in [5.41, 5.74) is -1.57. The Morgan fingerprint density at radius 2 is 1.82 bits per heavy atom. The van der Waals surface area contributed by atoms with Gasteiger partial charge in [-0.15, -0.1) is 0 Å². The van der Waals surface area contributed by atoms with Crippen LogP contribution in [0.3, 0.4) is 0 Å². The van der Waals surface area contributed by atoms with Crippen LogP contribution in [-0.2, 0) is 14.3 Å². The maximum atomic E-state index is 11.9. The van der Waals surface area contributed by atoms with E-state index in [1.165, 1.54) is 0 Å². The molecule has 2 N–H and O–H groups in total. The second-order valence-corrected chi connectivity index (χ2v) is 4.64. The molecule has 17 heavy (non-hydrogen) atoms. The summed E-state index contributed by atoms with van der Waals surface area (Å²) in [7, 11) is 0. The van der Waals surface area contributed by atoms with Crippen LogP contribution in [0.4, 0.5) is 0 Å². The number of carbonyl (C=O) groups excluding carboxylic acids is 1. The number of rotatable bonds is 7. The molecule has 0 fully saturated rings. The Kier molecular flexibility index (Phi) is 6.16. The van der Waals surface area contributed by atoms with E-state index in [0.717, 1.165) is 0 Å². The molecule has 5 nitrogen and oxygen atoms in total. The van der Waals surface area contributed by atoms with E-state index in [2.05, 4.69) is 0 Å². The molecule has 0 saturated heterocycles. The van der Waals surface area contributed by atoms with Crippen molar-refractivity contribution in [2.24, 2.45) is 17.3 Å². The Labute approximate surface area is 102 Å². The highest BCUT2D eigenvalue weighted by atomic mass is 16.5. The molecule has 2 atom stereocenters. The second-order valence-electron chi connectivity index (χ2n) is 4.64. The number of aliphatic hydroxyl groups excluding tert-OH is 1. The minimum absolute atomic E-state index is 0.0787. The largest absolute Gasteiger partial charge is 0.480 e. The van der Waals surface area contributed by atoms with Crippen molar-refractivity contribution in [2.45, 2.75) is 34.1 Å². The van der Waals surface area contributed by atoms with Crippen molar-refractivity contribution in [2.75, 3.05) is 13.2 Å². The predicted octanol–water partition coefficient (Wildman–Crippen LogP) is 1.29. The lowest BCUT2D eigenvalue weighted by atomic mass is 9.71. The highest BCUT2D eigenvalue weighted by molar-refractivity contribution is 5.99. The molecule has 0 saturated carbocycles. The topological polar surface area (TPSA) is 83.8 Å². The Morgan fingerprint density at radius 3 is 2.12 bits per heavy atom. The normalized spacial score (nSPS) is 16.4. The van der Waals surface area contributed by atoms with Gasteiger partial charge in [0.2, 0.25) is 0 Å². The van der Waals surface area contributed by atoms with Gasteiger partial charge in [0, 0.05) is 6.61 Å². The molecule has 0 spiro atoms. The average molecular weight is 246 g/mol. The Bertz CT molecular complexity index is 274. The van der Waals surface area contributed by atoms with Gasteiger partial charge in [0.05, 0.1) is 6.61 Å². The molecule has 5 heteroatoms. The van der Waals surface area contributed by atoms with Crippen molar-refractivity contribution in [1.82, 2.24) is 0 Å². The summed E-state index contributed by atoms with van der Waals surface area (Å²) in [6, 6.07) is 0. The van der Waals surface area contributed by atoms with Crippen LogP contribution >= 0.6 is 0 Å². The standard InChI is InChI=1S/C12H22O5/c1-5-17-11(16)12(8(2)3,10(14)15)6-9(4)7-13/h8-9,13H,5-7H2,1-4H3,(H,14,15). The first-order valence-corrected chi connectivity index (χ1v) is 5.84. The van der Waals surface area contributed by atoms with Crippen molar-refractivity contribution in [1.29, 1.82) is 0 Å². The first kappa shape index (κ1) is 15.9. The molecule has 0 heterocycles. The fourth-order valence-electron chi connectivity index (χ4n) is 1.85. The summed E-state index contributed by atoms with van der Waals surface area (Å²) in [5, 5.41) is 18.4. The fraction of sp³-hybridized carbons (Fsp3) is 0.833. The molecule has 0 bridgehead atoms. The van der Waals surface area contributed by atoms with Gasteiger partial charge in [-0.05, 0) is 25.2 Å². The third kappa shape index (κ3) is 3.43. The minimum Gasteiger partial charge on any atom is -0.480 e. The first-order valence-electron chi connectivity index (χ1n) is 5.84. The predicted molar refractivity (Wildman–Crippen MR) is 62.4 cm³/mol. The number of ether oxygens (including phenoxy) is 1. The van der Waals surface area contributed by atoms with E-state index in [4.69, 9.17) is 9.84 Å². The number of carboxylic acid groups (broad SMARTS) is 1. The molecule has 0 aromatic rings. The van der Waals surface area contributed by atoms with Crippen molar-refractivity contribution in [3.63, 3.8) is 0 Å². The molecule has 0 aromatic heterocycles. The van der Waals surface area contributed by atoms with Crippen LogP contribution < -0.4 is 0 Å².